The molecular weight excluding hydrogens is 234 g/mol. The second kappa shape index (κ2) is 5.27. The third kappa shape index (κ3) is 2.92. The van der Waals surface area contributed by atoms with Crippen molar-refractivity contribution in [2.75, 3.05) is 20.3 Å². The number of thiophene rings is 1. The Labute approximate surface area is 98.3 Å². The van der Waals surface area contributed by atoms with Crippen LogP contribution >= 0.6 is 22.9 Å². The van der Waals surface area contributed by atoms with Gasteiger partial charge in [0.25, 0.3) is 0 Å². The zero-order valence-electron chi connectivity index (χ0n) is 8.53. The van der Waals surface area contributed by atoms with Gasteiger partial charge >= 0.3 is 0 Å². The Morgan fingerprint density at radius 1 is 1.53 bits per heavy atom. The molecule has 0 aromatic carbocycles. The molecule has 0 bridgehead atoms. The predicted octanol–water partition coefficient (Wildman–Crippen LogP) is 2.43. The van der Waals surface area contributed by atoms with Crippen molar-refractivity contribution in [3.05, 3.63) is 21.3 Å². The Kier molecular flexibility index (Phi) is 3.99. The molecule has 1 fully saturated rings. The minimum Gasteiger partial charge on any atom is -0.350 e. The minimum absolute atomic E-state index is 0.0803. The van der Waals surface area contributed by atoms with E-state index >= 15 is 0 Å². The number of hydrogen-bond donors (Lipinski definition) is 1. The highest BCUT2D eigenvalue weighted by atomic mass is 35.5. The first-order valence-electron chi connectivity index (χ1n) is 4.95. The molecule has 0 radical (unpaired) electrons. The fraction of sp³-hybridized carbons (Fsp3) is 0.600. The minimum atomic E-state index is -0.0803. The molecule has 1 aliphatic rings. The molecule has 0 saturated carbocycles. The van der Waals surface area contributed by atoms with Crippen LogP contribution in [0, 0.1) is 0 Å². The summed E-state index contributed by atoms with van der Waals surface area (Å²) in [5.74, 6) is 0. The van der Waals surface area contributed by atoms with E-state index < -0.39 is 0 Å². The van der Waals surface area contributed by atoms with Crippen molar-refractivity contribution in [1.82, 2.24) is 5.32 Å². The molecule has 1 aromatic rings. The van der Waals surface area contributed by atoms with Gasteiger partial charge in [-0.3, -0.25) is 0 Å². The summed E-state index contributed by atoms with van der Waals surface area (Å²) in [5.41, 5.74) is 0. The van der Waals surface area contributed by atoms with Crippen LogP contribution in [0.5, 0.6) is 0 Å². The van der Waals surface area contributed by atoms with Crippen molar-refractivity contribution >= 4 is 22.9 Å². The van der Waals surface area contributed by atoms with Gasteiger partial charge < -0.3 is 14.8 Å². The number of ether oxygens (including phenoxy) is 2. The Hall–Kier alpha value is -0.130. The molecule has 15 heavy (non-hydrogen) atoms. The monoisotopic (exact) mass is 247 g/mol. The Morgan fingerprint density at radius 2 is 2.27 bits per heavy atom. The van der Waals surface area contributed by atoms with Gasteiger partial charge in [0, 0.05) is 17.3 Å². The molecule has 0 amide bonds. The summed E-state index contributed by atoms with van der Waals surface area (Å²) < 4.78 is 11.7. The number of nitrogens with one attached hydrogen (secondary N) is 1. The van der Waals surface area contributed by atoms with E-state index in [9.17, 15) is 0 Å². The average Bonchev–Trinajstić information content (AvgIpc) is 2.85. The maximum atomic E-state index is 5.91. The smallest absolute Gasteiger partial charge is 0.159 e. The lowest BCUT2D eigenvalue weighted by atomic mass is 10.1. The summed E-state index contributed by atoms with van der Waals surface area (Å²) in [5, 5.41) is 3.25. The van der Waals surface area contributed by atoms with E-state index in [1.807, 2.05) is 19.2 Å². The summed E-state index contributed by atoms with van der Waals surface area (Å²) >= 11 is 7.50. The van der Waals surface area contributed by atoms with E-state index in [1.165, 1.54) is 4.88 Å². The fourth-order valence-corrected chi connectivity index (χ4v) is 2.81. The Balaban J connectivity index is 1.97. The lowest BCUT2D eigenvalue weighted by Gasteiger charge is -2.17. The first kappa shape index (κ1) is 11.4. The van der Waals surface area contributed by atoms with Gasteiger partial charge in [-0.15, -0.1) is 11.3 Å². The molecule has 1 aromatic heterocycles. The average molecular weight is 248 g/mol. The van der Waals surface area contributed by atoms with E-state index in [2.05, 4.69) is 5.32 Å². The third-order valence-electron chi connectivity index (χ3n) is 2.40. The zero-order valence-corrected chi connectivity index (χ0v) is 10.1. The quantitative estimate of drug-likeness (QED) is 0.887. The molecule has 2 heterocycles. The van der Waals surface area contributed by atoms with Crippen molar-refractivity contribution in [3.8, 4) is 0 Å². The molecule has 5 heteroatoms. The molecule has 1 aliphatic heterocycles. The molecule has 84 valence electrons. The van der Waals surface area contributed by atoms with Gasteiger partial charge in [-0.05, 0) is 19.2 Å². The van der Waals surface area contributed by atoms with Crippen LogP contribution in [-0.2, 0) is 9.47 Å². The van der Waals surface area contributed by atoms with Crippen LogP contribution < -0.4 is 5.32 Å². The van der Waals surface area contributed by atoms with Gasteiger partial charge in [-0.2, -0.15) is 0 Å². The molecule has 1 saturated heterocycles. The SMILES string of the molecule is CNC(CC1OCCO1)c1ccc(Cl)s1. The molecule has 0 spiro atoms. The normalized spacial score (nSPS) is 19.6. The van der Waals surface area contributed by atoms with Crippen molar-refractivity contribution in [1.29, 1.82) is 0 Å². The second-order valence-corrected chi connectivity index (χ2v) is 5.14. The van der Waals surface area contributed by atoms with Crippen molar-refractivity contribution in [2.45, 2.75) is 18.8 Å². The first-order valence-corrected chi connectivity index (χ1v) is 6.14. The maximum absolute atomic E-state index is 5.91. The number of halogens is 1. The van der Waals surface area contributed by atoms with E-state index in [4.69, 9.17) is 21.1 Å². The standard InChI is InChI=1S/C10H14ClNO2S/c1-12-7(6-10-13-4-5-14-10)8-2-3-9(11)15-8/h2-3,7,10,12H,4-6H2,1H3. The molecule has 2 rings (SSSR count). The van der Waals surface area contributed by atoms with Gasteiger partial charge in [0.15, 0.2) is 6.29 Å². The van der Waals surface area contributed by atoms with Crippen LogP contribution in [0.2, 0.25) is 4.34 Å². The van der Waals surface area contributed by atoms with Crippen molar-refractivity contribution in [2.24, 2.45) is 0 Å². The van der Waals surface area contributed by atoms with Crippen LogP contribution in [0.15, 0.2) is 12.1 Å². The Bertz CT molecular complexity index is 312. The van der Waals surface area contributed by atoms with Gasteiger partial charge in [-0.25, -0.2) is 0 Å². The van der Waals surface area contributed by atoms with Crippen LogP contribution in [0.25, 0.3) is 0 Å². The summed E-state index contributed by atoms with van der Waals surface area (Å²) in [7, 11) is 1.94. The summed E-state index contributed by atoms with van der Waals surface area (Å²) in [6.45, 7) is 1.40. The van der Waals surface area contributed by atoms with Gasteiger partial charge in [-0.1, -0.05) is 11.6 Å². The molecular formula is C10H14ClNO2S. The maximum Gasteiger partial charge on any atom is 0.159 e. The first-order chi connectivity index (χ1) is 7.29. The Morgan fingerprint density at radius 3 is 2.80 bits per heavy atom. The number of rotatable bonds is 4. The molecule has 1 unspecified atom stereocenters. The predicted molar refractivity (Wildman–Crippen MR) is 61.4 cm³/mol. The van der Waals surface area contributed by atoms with Crippen LogP contribution in [0.3, 0.4) is 0 Å². The van der Waals surface area contributed by atoms with Crippen LogP contribution in [-0.4, -0.2) is 26.6 Å². The van der Waals surface area contributed by atoms with Crippen LogP contribution in [0.1, 0.15) is 17.3 Å². The lowest BCUT2D eigenvalue weighted by molar-refractivity contribution is -0.0524. The fourth-order valence-electron chi connectivity index (χ4n) is 1.63. The highest BCUT2D eigenvalue weighted by Gasteiger charge is 2.22. The molecule has 1 N–H and O–H groups in total. The van der Waals surface area contributed by atoms with Crippen LogP contribution in [0.4, 0.5) is 0 Å². The molecule has 0 aliphatic carbocycles. The van der Waals surface area contributed by atoms with Gasteiger partial charge in [0.05, 0.1) is 17.6 Å². The third-order valence-corrected chi connectivity index (χ3v) is 3.75. The van der Waals surface area contributed by atoms with Crippen molar-refractivity contribution in [3.63, 3.8) is 0 Å². The summed E-state index contributed by atoms with van der Waals surface area (Å²) in [6.07, 6.45) is 0.746. The summed E-state index contributed by atoms with van der Waals surface area (Å²) in [4.78, 5) is 1.22. The largest absolute Gasteiger partial charge is 0.350 e. The second-order valence-electron chi connectivity index (χ2n) is 3.39. The highest BCUT2D eigenvalue weighted by Crippen LogP contribution is 2.30. The summed E-state index contributed by atoms with van der Waals surface area (Å²) in [6, 6.07) is 4.22. The van der Waals surface area contributed by atoms with Gasteiger partial charge in [0.1, 0.15) is 0 Å². The zero-order chi connectivity index (χ0) is 10.7. The van der Waals surface area contributed by atoms with E-state index in [-0.39, 0.29) is 12.3 Å². The molecule has 1 atom stereocenters. The number of hydrogen-bond acceptors (Lipinski definition) is 4. The molecule has 3 nitrogen and oxygen atoms in total. The van der Waals surface area contributed by atoms with E-state index in [1.54, 1.807) is 11.3 Å². The topological polar surface area (TPSA) is 30.5 Å². The lowest BCUT2D eigenvalue weighted by Crippen LogP contribution is -2.22. The van der Waals surface area contributed by atoms with Gasteiger partial charge in [0.2, 0.25) is 0 Å². The van der Waals surface area contributed by atoms with Crippen molar-refractivity contribution < 1.29 is 9.47 Å². The van der Waals surface area contributed by atoms with E-state index in [0.717, 1.165) is 10.8 Å². The van der Waals surface area contributed by atoms with E-state index in [0.29, 0.717) is 13.2 Å². The highest BCUT2D eigenvalue weighted by molar-refractivity contribution is 7.16.